The molecule has 4 aromatic heterocycles. The molecule has 5 heteroatoms. The Hall–Kier alpha value is -8.41. The molecule has 0 spiro atoms. The van der Waals surface area contributed by atoms with Crippen LogP contribution in [0, 0.1) is 0 Å². The van der Waals surface area contributed by atoms with Crippen molar-refractivity contribution in [3.05, 3.63) is 218 Å². The molecule has 4 heterocycles. The number of hydrogen-bond acceptors (Lipinski definition) is 4. The highest BCUT2D eigenvalue weighted by Crippen LogP contribution is 2.42. The summed E-state index contributed by atoms with van der Waals surface area (Å²) >= 11 is 0. The lowest BCUT2D eigenvalue weighted by molar-refractivity contribution is 0.669. The number of pyridine rings is 1. The van der Waals surface area contributed by atoms with Crippen molar-refractivity contribution in [3.63, 3.8) is 0 Å². The minimum absolute atomic E-state index is 0.666. The van der Waals surface area contributed by atoms with Crippen LogP contribution in [0.5, 0.6) is 0 Å². The first-order chi connectivity index (χ1) is 30.7. The molecule has 0 aliphatic carbocycles. The van der Waals surface area contributed by atoms with E-state index in [4.69, 9.17) is 19.5 Å². The third-order valence-electron chi connectivity index (χ3n) is 11.8. The number of hydrogen-bond donors (Lipinski definition) is 0. The van der Waals surface area contributed by atoms with Gasteiger partial charge in [-0.15, -0.1) is 0 Å². The maximum atomic E-state index is 6.22. The summed E-state index contributed by atoms with van der Waals surface area (Å²) in [4.78, 5) is 10.4. The van der Waals surface area contributed by atoms with Crippen LogP contribution in [0.1, 0.15) is 0 Å². The van der Waals surface area contributed by atoms with Gasteiger partial charge in [0.2, 0.25) is 0 Å². The lowest BCUT2D eigenvalue weighted by atomic mass is 9.95. The molecule has 0 N–H and O–H groups in total. The molecular weight excluding hydrogens is 757 g/mol. The number of fused-ring (bicyclic) bond motifs is 6. The first-order valence-electron chi connectivity index (χ1n) is 20.8. The summed E-state index contributed by atoms with van der Waals surface area (Å²) in [7, 11) is 0. The molecule has 0 atom stereocenters. The second-order valence-electron chi connectivity index (χ2n) is 15.6. The van der Waals surface area contributed by atoms with Gasteiger partial charge in [-0.3, -0.25) is 0 Å². The minimum atomic E-state index is 0.666. The van der Waals surface area contributed by atoms with Crippen molar-refractivity contribution in [1.82, 2.24) is 19.6 Å². The van der Waals surface area contributed by atoms with Crippen molar-refractivity contribution in [2.24, 2.45) is 0 Å². The molecule has 0 radical (unpaired) electrons. The molecule has 290 valence electrons. The maximum Gasteiger partial charge on any atom is 0.160 e. The van der Waals surface area contributed by atoms with Crippen molar-refractivity contribution in [2.45, 2.75) is 0 Å². The summed E-state index contributed by atoms with van der Waals surface area (Å²) in [6, 6.07) is 76.2. The Morgan fingerprint density at radius 1 is 0.355 bits per heavy atom. The summed E-state index contributed by atoms with van der Waals surface area (Å²) in [6.07, 6.45) is 0. The molecule has 5 nitrogen and oxygen atoms in total. The third kappa shape index (κ3) is 6.14. The van der Waals surface area contributed by atoms with Gasteiger partial charge in [0.05, 0.1) is 22.6 Å². The Balaban J connectivity index is 0.998. The predicted molar refractivity (Wildman–Crippen MR) is 254 cm³/mol. The highest BCUT2D eigenvalue weighted by molar-refractivity contribution is 6.09. The molecule has 12 aromatic rings. The van der Waals surface area contributed by atoms with E-state index in [1.165, 1.54) is 5.39 Å². The second kappa shape index (κ2) is 14.7. The standard InChI is InChI=1S/C57H36N4O/c1-4-15-39(16-5-1)51-34-43-21-10-11-24-46(43)56-54(40-17-6-2-7-18-40)55(60-61(51)56)45-23-14-22-44(33-45)50-36-49(58-57(59-50)41-19-8-3-9-20-41)38-29-27-37(28-30-38)42-31-32-48-47-25-12-13-26-52(47)62-53(48)35-42/h1-36H. The SMILES string of the molecule is c1ccc(-c2nc(-c3ccc(-c4ccc5c(c4)oc4ccccc45)cc3)cc(-c3cccc(-c4nn5c(-c6ccccc6)cc6ccccc6c5c4-c4ccccc4)c3)n2)cc1. The summed E-state index contributed by atoms with van der Waals surface area (Å²) in [6.45, 7) is 0. The Labute approximate surface area is 357 Å². The van der Waals surface area contributed by atoms with Crippen LogP contribution in [0.3, 0.4) is 0 Å². The zero-order chi connectivity index (χ0) is 41.0. The molecule has 0 unspecified atom stereocenters. The van der Waals surface area contributed by atoms with Crippen LogP contribution in [0.4, 0.5) is 0 Å². The van der Waals surface area contributed by atoms with Gasteiger partial charge < -0.3 is 4.42 Å². The zero-order valence-electron chi connectivity index (χ0n) is 33.5. The van der Waals surface area contributed by atoms with E-state index in [1.807, 2.05) is 30.3 Å². The van der Waals surface area contributed by atoms with E-state index in [-0.39, 0.29) is 0 Å². The zero-order valence-corrected chi connectivity index (χ0v) is 33.5. The monoisotopic (exact) mass is 792 g/mol. The predicted octanol–water partition coefficient (Wildman–Crippen LogP) is 14.8. The van der Waals surface area contributed by atoms with Crippen molar-refractivity contribution < 1.29 is 4.42 Å². The fraction of sp³-hybridized carbons (Fsp3) is 0. The smallest absolute Gasteiger partial charge is 0.160 e. The van der Waals surface area contributed by atoms with E-state index in [0.717, 1.165) is 106 Å². The van der Waals surface area contributed by atoms with Crippen LogP contribution in [-0.2, 0) is 0 Å². The van der Waals surface area contributed by atoms with Crippen molar-refractivity contribution in [3.8, 4) is 78.7 Å². The largest absolute Gasteiger partial charge is 0.456 e. The fourth-order valence-electron chi connectivity index (χ4n) is 8.81. The van der Waals surface area contributed by atoms with Crippen LogP contribution in [0.25, 0.3) is 117 Å². The molecule has 8 aromatic carbocycles. The van der Waals surface area contributed by atoms with Gasteiger partial charge in [-0.25, -0.2) is 14.5 Å². The summed E-state index contributed by atoms with van der Waals surface area (Å²) in [5, 5.41) is 10.1. The number of benzene rings is 8. The highest BCUT2D eigenvalue weighted by Gasteiger charge is 2.22. The van der Waals surface area contributed by atoms with E-state index in [0.29, 0.717) is 5.82 Å². The summed E-state index contributed by atoms with van der Waals surface area (Å²) in [5.74, 6) is 0.666. The Morgan fingerprint density at radius 2 is 0.935 bits per heavy atom. The Kier molecular flexibility index (Phi) is 8.42. The topological polar surface area (TPSA) is 56.2 Å². The molecule has 0 fully saturated rings. The quantitative estimate of drug-likeness (QED) is 0.161. The van der Waals surface area contributed by atoms with E-state index in [2.05, 4.69) is 193 Å². The van der Waals surface area contributed by atoms with Gasteiger partial charge in [0.25, 0.3) is 0 Å². The normalized spacial score (nSPS) is 11.5. The Bertz CT molecular complexity index is 3610. The van der Waals surface area contributed by atoms with Gasteiger partial charge >= 0.3 is 0 Å². The van der Waals surface area contributed by atoms with Crippen molar-refractivity contribution in [1.29, 1.82) is 0 Å². The van der Waals surface area contributed by atoms with E-state index in [9.17, 15) is 0 Å². The van der Waals surface area contributed by atoms with Gasteiger partial charge in [0.1, 0.15) is 16.9 Å². The minimum Gasteiger partial charge on any atom is -0.456 e. The molecule has 0 saturated heterocycles. The maximum absolute atomic E-state index is 6.22. The number of para-hydroxylation sites is 1. The van der Waals surface area contributed by atoms with Crippen LogP contribution < -0.4 is 0 Å². The van der Waals surface area contributed by atoms with Gasteiger partial charge in [0, 0.05) is 49.5 Å². The summed E-state index contributed by atoms with van der Waals surface area (Å²) in [5.41, 5.74) is 15.9. The third-order valence-corrected chi connectivity index (χ3v) is 11.8. The average Bonchev–Trinajstić information content (AvgIpc) is 3.94. The highest BCUT2D eigenvalue weighted by atomic mass is 16.3. The number of aromatic nitrogens is 4. The van der Waals surface area contributed by atoms with Gasteiger partial charge in [-0.1, -0.05) is 182 Å². The summed E-state index contributed by atoms with van der Waals surface area (Å²) < 4.78 is 8.35. The van der Waals surface area contributed by atoms with Crippen LogP contribution in [0.15, 0.2) is 223 Å². The fourth-order valence-corrected chi connectivity index (χ4v) is 8.81. The number of rotatable bonds is 7. The lowest BCUT2D eigenvalue weighted by Gasteiger charge is -2.11. The van der Waals surface area contributed by atoms with Gasteiger partial charge in [0.15, 0.2) is 5.82 Å². The molecular formula is C57H36N4O. The van der Waals surface area contributed by atoms with Gasteiger partial charge in [-0.2, -0.15) is 5.10 Å². The van der Waals surface area contributed by atoms with E-state index >= 15 is 0 Å². The molecule has 0 saturated carbocycles. The van der Waals surface area contributed by atoms with Crippen LogP contribution in [-0.4, -0.2) is 19.6 Å². The number of nitrogens with zero attached hydrogens (tertiary/aromatic N) is 4. The molecule has 0 amide bonds. The molecule has 0 aliphatic heterocycles. The lowest BCUT2D eigenvalue weighted by Crippen LogP contribution is -1.96. The van der Waals surface area contributed by atoms with E-state index in [1.54, 1.807) is 0 Å². The molecule has 0 aliphatic rings. The molecule has 0 bridgehead atoms. The first-order valence-corrected chi connectivity index (χ1v) is 20.8. The number of furan rings is 1. The van der Waals surface area contributed by atoms with Crippen molar-refractivity contribution in [2.75, 3.05) is 0 Å². The Morgan fingerprint density at radius 3 is 1.71 bits per heavy atom. The first kappa shape index (κ1) is 35.5. The van der Waals surface area contributed by atoms with Crippen LogP contribution in [0.2, 0.25) is 0 Å². The van der Waals surface area contributed by atoms with Gasteiger partial charge in [-0.05, 0) is 58.5 Å². The van der Waals surface area contributed by atoms with Crippen LogP contribution >= 0.6 is 0 Å². The average molecular weight is 793 g/mol. The second-order valence-corrected chi connectivity index (χ2v) is 15.6. The van der Waals surface area contributed by atoms with E-state index < -0.39 is 0 Å². The molecule has 62 heavy (non-hydrogen) atoms. The molecule has 12 rings (SSSR count). The van der Waals surface area contributed by atoms with Crippen molar-refractivity contribution >= 4 is 38.2 Å².